The number of nitrogens with one attached hydrogen (secondary N) is 1. The number of benzene rings is 2. The number of rotatable bonds is 5. The normalized spacial score (nSPS) is 19.7. The number of carbonyl (C=O) groups excluding carboxylic acids is 2. The molecule has 164 valence electrons. The average Bonchev–Trinajstić information content (AvgIpc) is 3.16. The van der Waals surface area contributed by atoms with Gasteiger partial charge in [0.1, 0.15) is 0 Å². The van der Waals surface area contributed by atoms with Crippen LogP contribution in [0, 0.1) is 5.92 Å². The van der Waals surface area contributed by atoms with Gasteiger partial charge in [-0.1, -0.05) is 42.3 Å². The minimum atomic E-state index is -0.451. The second kappa shape index (κ2) is 9.47. The zero-order chi connectivity index (χ0) is 22.0. The molecule has 2 heterocycles. The summed E-state index contributed by atoms with van der Waals surface area (Å²) < 4.78 is 0. The van der Waals surface area contributed by atoms with Gasteiger partial charge in [-0.15, -0.1) is 0 Å². The van der Waals surface area contributed by atoms with Crippen molar-refractivity contribution in [1.29, 1.82) is 0 Å². The molecule has 4 rings (SSSR count). The molecule has 31 heavy (non-hydrogen) atoms. The molecule has 0 radical (unpaired) electrons. The highest BCUT2D eigenvalue weighted by Gasteiger charge is 2.36. The molecule has 1 unspecified atom stereocenters. The van der Waals surface area contributed by atoms with E-state index in [1.807, 2.05) is 24.3 Å². The van der Waals surface area contributed by atoms with Gasteiger partial charge in [0, 0.05) is 44.2 Å². The average molecular weight is 461 g/mol. The number of amides is 2. The molecule has 1 atom stereocenters. The van der Waals surface area contributed by atoms with Crippen LogP contribution in [-0.2, 0) is 9.59 Å². The highest BCUT2D eigenvalue weighted by atomic mass is 35.5. The van der Waals surface area contributed by atoms with Crippen LogP contribution in [0.25, 0.3) is 0 Å². The summed E-state index contributed by atoms with van der Waals surface area (Å²) in [6.07, 6.45) is 0.155. The molecule has 2 saturated heterocycles. The molecule has 2 aliphatic heterocycles. The van der Waals surface area contributed by atoms with Crippen molar-refractivity contribution in [1.82, 2.24) is 4.90 Å². The van der Waals surface area contributed by atoms with E-state index >= 15 is 0 Å². The van der Waals surface area contributed by atoms with Crippen LogP contribution in [0.4, 0.5) is 17.1 Å². The number of anilines is 3. The van der Waals surface area contributed by atoms with Crippen molar-refractivity contribution in [2.45, 2.75) is 13.3 Å². The van der Waals surface area contributed by atoms with E-state index in [0.29, 0.717) is 28.0 Å². The fourth-order valence-corrected chi connectivity index (χ4v) is 4.62. The molecule has 2 fully saturated rings. The Morgan fingerprint density at radius 2 is 1.81 bits per heavy atom. The molecule has 6 nitrogen and oxygen atoms in total. The van der Waals surface area contributed by atoms with Gasteiger partial charge in [0.15, 0.2) is 0 Å². The molecule has 0 saturated carbocycles. The molecule has 1 N–H and O–H groups in total. The third kappa shape index (κ3) is 4.81. The van der Waals surface area contributed by atoms with E-state index in [1.54, 1.807) is 23.1 Å². The van der Waals surface area contributed by atoms with E-state index in [1.165, 1.54) is 0 Å². The summed E-state index contributed by atoms with van der Waals surface area (Å²) in [4.78, 5) is 31.9. The molecular weight excluding hydrogens is 435 g/mol. The van der Waals surface area contributed by atoms with Gasteiger partial charge in [-0.25, -0.2) is 0 Å². The van der Waals surface area contributed by atoms with Crippen LogP contribution in [0.5, 0.6) is 0 Å². The second-order valence-corrected chi connectivity index (χ2v) is 8.77. The predicted octanol–water partition coefficient (Wildman–Crippen LogP) is 4.13. The minimum absolute atomic E-state index is 0.102. The van der Waals surface area contributed by atoms with Crippen molar-refractivity contribution in [2.75, 3.05) is 54.4 Å². The van der Waals surface area contributed by atoms with Crippen LogP contribution in [0.1, 0.15) is 13.3 Å². The maximum absolute atomic E-state index is 13.1. The van der Waals surface area contributed by atoms with E-state index in [0.717, 1.165) is 38.4 Å². The summed E-state index contributed by atoms with van der Waals surface area (Å²) in [5.41, 5.74) is 2.29. The van der Waals surface area contributed by atoms with Crippen LogP contribution in [0.15, 0.2) is 42.5 Å². The standard InChI is InChI=1S/C23H26Cl2N4O2/c1-2-27-9-11-28(12-10-27)21-8-7-17(24)14-19(21)26-23(31)16-13-22(30)29(15-16)20-6-4-3-5-18(20)25/h3-8,14,16H,2,9-13,15H2,1H3,(H,26,31). The van der Waals surface area contributed by atoms with Gasteiger partial charge in [-0.2, -0.15) is 0 Å². The Hall–Kier alpha value is -2.28. The van der Waals surface area contributed by atoms with Crippen molar-refractivity contribution >= 4 is 52.1 Å². The Kier molecular flexibility index (Phi) is 6.70. The minimum Gasteiger partial charge on any atom is -0.367 e. The fourth-order valence-electron chi connectivity index (χ4n) is 4.21. The number of nitrogens with zero attached hydrogens (tertiary/aromatic N) is 3. The lowest BCUT2D eigenvalue weighted by molar-refractivity contribution is -0.122. The first-order chi connectivity index (χ1) is 15.0. The van der Waals surface area contributed by atoms with Gasteiger partial charge in [0.05, 0.1) is 28.0 Å². The van der Waals surface area contributed by atoms with Crippen molar-refractivity contribution in [2.24, 2.45) is 5.92 Å². The number of halogens is 2. The molecule has 0 bridgehead atoms. The van der Waals surface area contributed by atoms with Crippen LogP contribution < -0.4 is 15.1 Å². The third-order valence-electron chi connectivity index (χ3n) is 6.02. The molecule has 8 heteroatoms. The van der Waals surface area contributed by atoms with Gasteiger partial charge in [-0.3, -0.25) is 9.59 Å². The SMILES string of the molecule is CCN1CCN(c2ccc(Cl)cc2NC(=O)C2CC(=O)N(c3ccccc3Cl)C2)CC1. The molecule has 2 aromatic rings. The van der Waals surface area contributed by atoms with Crippen LogP contribution in [-0.4, -0.2) is 56.0 Å². The van der Waals surface area contributed by atoms with Crippen LogP contribution >= 0.6 is 23.2 Å². The number of hydrogen-bond donors (Lipinski definition) is 1. The Balaban J connectivity index is 1.48. The van der Waals surface area contributed by atoms with E-state index in [4.69, 9.17) is 23.2 Å². The fraction of sp³-hybridized carbons (Fsp3) is 0.391. The summed E-state index contributed by atoms with van der Waals surface area (Å²) in [5.74, 6) is -0.735. The summed E-state index contributed by atoms with van der Waals surface area (Å²) in [7, 11) is 0. The Labute approximate surface area is 192 Å². The monoisotopic (exact) mass is 460 g/mol. The molecule has 2 aromatic carbocycles. The third-order valence-corrected chi connectivity index (χ3v) is 6.57. The molecule has 2 amide bonds. The number of hydrogen-bond acceptors (Lipinski definition) is 4. The molecule has 2 aliphatic rings. The van der Waals surface area contributed by atoms with E-state index in [2.05, 4.69) is 22.0 Å². The van der Waals surface area contributed by atoms with Gasteiger partial charge in [0.25, 0.3) is 0 Å². The van der Waals surface area contributed by atoms with E-state index in [-0.39, 0.29) is 18.2 Å². The topological polar surface area (TPSA) is 55.9 Å². The zero-order valence-electron chi connectivity index (χ0n) is 17.5. The first-order valence-corrected chi connectivity index (χ1v) is 11.3. The van der Waals surface area contributed by atoms with Crippen molar-refractivity contribution in [3.05, 3.63) is 52.5 Å². The lowest BCUT2D eigenvalue weighted by Gasteiger charge is -2.36. The summed E-state index contributed by atoms with van der Waals surface area (Å²) in [6, 6.07) is 12.8. The zero-order valence-corrected chi connectivity index (χ0v) is 19.0. The maximum Gasteiger partial charge on any atom is 0.229 e. The number of carbonyl (C=O) groups is 2. The van der Waals surface area contributed by atoms with Gasteiger partial charge < -0.3 is 20.0 Å². The van der Waals surface area contributed by atoms with Crippen molar-refractivity contribution in [3.63, 3.8) is 0 Å². The van der Waals surface area contributed by atoms with Crippen molar-refractivity contribution in [3.8, 4) is 0 Å². The smallest absolute Gasteiger partial charge is 0.229 e. The molecule has 0 spiro atoms. The first kappa shape index (κ1) is 21.9. The largest absolute Gasteiger partial charge is 0.367 e. The first-order valence-electron chi connectivity index (χ1n) is 10.6. The summed E-state index contributed by atoms with van der Waals surface area (Å²) in [6.45, 7) is 7.25. The van der Waals surface area contributed by atoms with E-state index < -0.39 is 5.92 Å². The summed E-state index contributed by atoms with van der Waals surface area (Å²) >= 11 is 12.5. The molecule has 0 aliphatic carbocycles. The highest BCUT2D eigenvalue weighted by Crippen LogP contribution is 2.33. The molecular formula is C23H26Cl2N4O2. The Bertz CT molecular complexity index is 976. The Morgan fingerprint density at radius 3 is 2.52 bits per heavy atom. The lowest BCUT2D eigenvalue weighted by atomic mass is 10.1. The van der Waals surface area contributed by atoms with Crippen LogP contribution in [0.2, 0.25) is 10.0 Å². The summed E-state index contributed by atoms with van der Waals surface area (Å²) in [5, 5.41) is 4.09. The van der Waals surface area contributed by atoms with Gasteiger partial charge in [0.2, 0.25) is 11.8 Å². The highest BCUT2D eigenvalue weighted by molar-refractivity contribution is 6.34. The quantitative estimate of drug-likeness (QED) is 0.728. The number of piperazine rings is 1. The van der Waals surface area contributed by atoms with Gasteiger partial charge in [-0.05, 0) is 36.9 Å². The second-order valence-electron chi connectivity index (χ2n) is 7.93. The van der Waals surface area contributed by atoms with Gasteiger partial charge >= 0.3 is 0 Å². The van der Waals surface area contributed by atoms with E-state index in [9.17, 15) is 9.59 Å². The van der Waals surface area contributed by atoms with Crippen molar-refractivity contribution < 1.29 is 9.59 Å². The Morgan fingerprint density at radius 1 is 1.06 bits per heavy atom. The molecule has 0 aromatic heterocycles. The number of likely N-dealkylation sites (N-methyl/N-ethyl adjacent to an activating group) is 1. The predicted molar refractivity (Wildman–Crippen MR) is 126 cm³/mol. The lowest BCUT2D eigenvalue weighted by Crippen LogP contribution is -2.46. The van der Waals surface area contributed by atoms with Crippen LogP contribution in [0.3, 0.4) is 0 Å². The number of para-hydroxylation sites is 1. The maximum atomic E-state index is 13.1.